The molecule has 0 aliphatic carbocycles. The molecule has 0 saturated carbocycles. The molecule has 3 aromatic rings. The van der Waals surface area contributed by atoms with E-state index in [4.69, 9.17) is 4.42 Å². The van der Waals surface area contributed by atoms with E-state index in [1.54, 1.807) is 6.20 Å². The van der Waals surface area contributed by atoms with Crippen molar-refractivity contribution in [1.82, 2.24) is 4.98 Å². The Bertz CT molecular complexity index is 711. The highest BCUT2D eigenvalue weighted by molar-refractivity contribution is 5.88. The maximum absolute atomic E-state index is 5.69. The van der Waals surface area contributed by atoms with Crippen LogP contribution in [0.3, 0.4) is 0 Å². The molecule has 0 aliphatic rings. The van der Waals surface area contributed by atoms with E-state index in [-0.39, 0.29) is 0 Å². The predicted molar refractivity (Wildman–Crippen MR) is 81.1 cm³/mol. The van der Waals surface area contributed by atoms with E-state index in [1.807, 2.05) is 43.3 Å². The van der Waals surface area contributed by atoms with E-state index in [0.717, 1.165) is 22.5 Å². The molecule has 0 saturated heterocycles. The summed E-state index contributed by atoms with van der Waals surface area (Å²) in [4.78, 5) is 4.35. The minimum atomic E-state index is 0.651. The van der Waals surface area contributed by atoms with Gasteiger partial charge in [-0.2, -0.15) is 0 Å². The van der Waals surface area contributed by atoms with E-state index in [1.165, 1.54) is 0 Å². The van der Waals surface area contributed by atoms with Gasteiger partial charge < -0.3 is 4.42 Å². The second-order valence-electron chi connectivity index (χ2n) is 4.61. The highest BCUT2D eigenvalue weighted by Gasteiger charge is 2.10. The molecule has 2 aromatic carbocycles. The average Bonchev–Trinajstić information content (AvgIpc) is 2.93. The molecule has 1 aromatic heterocycles. The van der Waals surface area contributed by atoms with Gasteiger partial charge in [-0.05, 0) is 24.1 Å². The first-order chi connectivity index (χ1) is 9.83. The third-order valence-corrected chi connectivity index (χ3v) is 3.05. The number of nitrogens with zero attached hydrogens (tertiary/aromatic N) is 1. The summed E-state index contributed by atoms with van der Waals surface area (Å²) in [7, 11) is 0. The van der Waals surface area contributed by atoms with Crippen LogP contribution in [0, 0.1) is 6.92 Å². The molecule has 0 spiro atoms. The molecule has 0 atom stereocenters. The Morgan fingerprint density at radius 3 is 2.20 bits per heavy atom. The zero-order chi connectivity index (χ0) is 13.8. The molecular formula is C18H15NO. The van der Waals surface area contributed by atoms with Crippen LogP contribution in [-0.4, -0.2) is 4.98 Å². The average molecular weight is 261 g/mol. The number of hydrogen-bond acceptors (Lipinski definition) is 2. The van der Waals surface area contributed by atoms with E-state index in [2.05, 4.69) is 35.3 Å². The summed E-state index contributed by atoms with van der Waals surface area (Å²) in [6.45, 7) is 1.90. The van der Waals surface area contributed by atoms with Crippen LogP contribution in [0.1, 0.15) is 22.8 Å². The monoisotopic (exact) mass is 261 g/mol. The van der Waals surface area contributed by atoms with Crippen molar-refractivity contribution < 1.29 is 4.42 Å². The highest BCUT2D eigenvalue weighted by atomic mass is 16.4. The van der Waals surface area contributed by atoms with Gasteiger partial charge in [-0.15, -0.1) is 0 Å². The van der Waals surface area contributed by atoms with Crippen molar-refractivity contribution in [2.45, 2.75) is 6.92 Å². The Hall–Kier alpha value is -2.61. The van der Waals surface area contributed by atoms with Gasteiger partial charge in [-0.3, -0.25) is 0 Å². The van der Waals surface area contributed by atoms with E-state index in [9.17, 15) is 0 Å². The highest BCUT2D eigenvalue weighted by Crippen LogP contribution is 2.25. The fourth-order valence-electron chi connectivity index (χ4n) is 2.08. The van der Waals surface area contributed by atoms with Crippen LogP contribution in [0.2, 0.25) is 0 Å². The van der Waals surface area contributed by atoms with Crippen molar-refractivity contribution >= 4 is 11.6 Å². The van der Waals surface area contributed by atoms with Gasteiger partial charge in [0.2, 0.25) is 5.89 Å². The van der Waals surface area contributed by atoms with Crippen LogP contribution in [0.4, 0.5) is 0 Å². The Kier molecular flexibility index (Phi) is 3.46. The number of aromatic nitrogens is 1. The summed E-state index contributed by atoms with van der Waals surface area (Å²) >= 11 is 0. The molecule has 98 valence electrons. The van der Waals surface area contributed by atoms with Crippen LogP contribution >= 0.6 is 0 Å². The lowest BCUT2D eigenvalue weighted by Gasteiger charge is -2.04. The second kappa shape index (κ2) is 5.57. The smallest absolute Gasteiger partial charge is 0.226 e. The minimum absolute atomic E-state index is 0.651. The molecule has 1 heterocycles. The van der Waals surface area contributed by atoms with Gasteiger partial charge in [-0.1, -0.05) is 60.7 Å². The number of hydrogen-bond donors (Lipinski definition) is 0. The summed E-state index contributed by atoms with van der Waals surface area (Å²) in [5.74, 6) is 1.47. The molecule has 0 unspecified atom stereocenters. The molecule has 0 N–H and O–H groups in total. The zero-order valence-corrected chi connectivity index (χ0v) is 11.3. The normalized spacial score (nSPS) is 11.6. The number of rotatable bonds is 3. The molecule has 0 bridgehead atoms. The SMILES string of the molecule is Cc1cnc(/C(=C/c2ccccc2)c2ccccc2)o1. The third-order valence-electron chi connectivity index (χ3n) is 3.05. The molecule has 0 radical (unpaired) electrons. The van der Waals surface area contributed by atoms with Crippen LogP contribution in [0.25, 0.3) is 11.6 Å². The first-order valence-electron chi connectivity index (χ1n) is 6.58. The van der Waals surface area contributed by atoms with Crippen molar-refractivity contribution in [1.29, 1.82) is 0 Å². The first kappa shape index (κ1) is 12.4. The standard InChI is InChI=1S/C18H15NO/c1-14-13-19-18(20-14)17(16-10-6-3-7-11-16)12-15-8-4-2-5-9-15/h2-13H,1H3/b17-12+. The van der Waals surface area contributed by atoms with E-state index >= 15 is 0 Å². The molecule has 2 nitrogen and oxygen atoms in total. The largest absolute Gasteiger partial charge is 0.441 e. The Morgan fingerprint density at radius 1 is 0.950 bits per heavy atom. The summed E-state index contributed by atoms with van der Waals surface area (Å²) in [5.41, 5.74) is 3.21. The quantitative estimate of drug-likeness (QED) is 0.645. The maximum Gasteiger partial charge on any atom is 0.226 e. The molecule has 20 heavy (non-hydrogen) atoms. The lowest BCUT2D eigenvalue weighted by atomic mass is 10.0. The van der Waals surface area contributed by atoms with Crippen LogP contribution < -0.4 is 0 Å². The topological polar surface area (TPSA) is 26.0 Å². The van der Waals surface area contributed by atoms with Crippen LogP contribution in [0.5, 0.6) is 0 Å². The van der Waals surface area contributed by atoms with Crippen molar-refractivity contribution in [2.75, 3.05) is 0 Å². The van der Waals surface area contributed by atoms with Crippen molar-refractivity contribution in [3.8, 4) is 0 Å². The van der Waals surface area contributed by atoms with Gasteiger partial charge in [0, 0.05) is 5.57 Å². The number of benzene rings is 2. The van der Waals surface area contributed by atoms with Crippen molar-refractivity contribution in [3.63, 3.8) is 0 Å². The maximum atomic E-state index is 5.69. The molecule has 0 aliphatic heterocycles. The minimum Gasteiger partial charge on any atom is -0.441 e. The van der Waals surface area contributed by atoms with Crippen molar-refractivity contribution in [2.24, 2.45) is 0 Å². The fourth-order valence-corrected chi connectivity index (χ4v) is 2.08. The van der Waals surface area contributed by atoms with Crippen molar-refractivity contribution in [3.05, 3.63) is 89.6 Å². The summed E-state index contributed by atoms with van der Waals surface area (Å²) in [6.07, 6.45) is 3.84. The van der Waals surface area contributed by atoms with Crippen LogP contribution in [0.15, 0.2) is 71.3 Å². The fraction of sp³-hybridized carbons (Fsp3) is 0.0556. The second-order valence-corrected chi connectivity index (χ2v) is 4.61. The molecule has 3 rings (SSSR count). The number of aryl methyl sites for hydroxylation is 1. The lowest BCUT2D eigenvalue weighted by molar-refractivity contribution is 0.514. The Morgan fingerprint density at radius 2 is 1.60 bits per heavy atom. The molecule has 0 fully saturated rings. The van der Waals surface area contributed by atoms with E-state index in [0.29, 0.717) is 5.89 Å². The van der Waals surface area contributed by atoms with Gasteiger partial charge in [0.1, 0.15) is 5.76 Å². The molecule has 0 amide bonds. The third kappa shape index (κ3) is 2.69. The van der Waals surface area contributed by atoms with E-state index < -0.39 is 0 Å². The Labute approximate surface area is 118 Å². The van der Waals surface area contributed by atoms with Gasteiger partial charge >= 0.3 is 0 Å². The summed E-state index contributed by atoms with van der Waals surface area (Å²) < 4.78 is 5.69. The summed E-state index contributed by atoms with van der Waals surface area (Å²) in [6, 6.07) is 20.4. The van der Waals surface area contributed by atoms with Gasteiger partial charge in [0.05, 0.1) is 6.20 Å². The van der Waals surface area contributed by atoms with Gasteiger partial charge in [-0.25, -0.2) is 4.98 Å². The molecule has 2 heteroatoms. The number of oxazole rings is 1. The zero-order valence-electron chi connectivity index (χ0n) is 11.3. The Balaban J connectivity index is 2.11. The molecular weight excluding hydrogens is 246 g/mol. The van der Waals surface area contributed by atoms with Gasteiger partial charge in [0.25, 0.3) is 0 Å². The predicted octanol–water partition coefficient (Wildman–Crippen LogP) is 4.57. The van der Waals surface area contributed by atoms with Gasteiger partial charge in [0.15, 0.2) is 0 Å². The summed E-state index contributed by atoms with van der Waals surface area (Å²) in [5, 5.41) is 0. The van der Waals surface area contributed by atoms with Crippen LogP contribution in [-0.2, 0) is 0 Å². The lowest BCUT2D eigenvalue weighted by Crippen LogP contribution is -1.88. The first-order valence-corrected chi connectivity index (χ1v) is 6.58.